The summed E-state index contributed by atoms with van der Waals surface area (Å²) in [5, 5.41) is 3.66. The third-order valence-corrected chi connectivity index (χ3v) is 5.28. The Bertz CT molecular complexity index is 303. The quantitative estimate of drug-likeness (QED) is 0.781. The van der Waals surface area contributed by atoms with Crippen molar-refractivity contribution in [3.8, 4) is 0 Å². The third kappa shape index (κ3) is 4.96. The van der Waals surface area contributed by atoms with Crippen LogP contribution in [0, 0.1) is 5.92 Å². The van der Waals surface area contributed by atoms with E-state index in [0.717, 1.165) is 38.0 Å². The zero-order valence-corrected chi connectivity index (χ0v) is 13.9. The number of carbonyl (C=O) groups excluding carboxylic acids is 1. The Balaban J connectivity index is 1.59. The van der Waals surface area contributed by atoms with E-state index in [2.05, 4.69) is 24.1 Å². The largest absolute Gasteiger partial charge is 0.343 e. The first-order valence-electron chi connectivity index (χ1n) is 8.98. The first kappa shape index (κ1) is 16.8. The maximum atomic E-state index is 12.0. The average Bonchev–Trinajstić information content (AvgIpc) is 3.03. The molecule has 0 aromatic carbocycles. The van der Waals surface area contributed by atoms with Gasteiger partial charge in [-0.25, -0.2) is 0 Å². The van der Waals surface area contributed by atoms with Crippen LogP contribution in [-0.4, -0.2) is 61.0 Å². The van der Waals surface area contributed by atoms with Crippen LogP contribution < -0.4 is 5.32 Å². The van der Waals surface area contributed by atoms with Crippen molar-refractivity contribution in [2.45, 2.75) is 58.4 Å². The fourth-order valence-electron chi connectivity index (χ4n) is 3.88. The van der Waals surface area contributed by atoms with Crippen molar-refractivity contribution in [1.29, 1.82) is 0 Å². The van der Waals surface area contributed by atoms with Gasteiger partial charge in [0.05, 0.1) is 0 Å². The average molecular weight is 295 g/mol. The third-order valence-electron chi connectivity index (χ3n) is 5.28. The monoisotopic (exact) mass is 295 g/mol. The van der Waals surface area contributed by atoms with Crippen LogP contribution in [0.4, 0.5) is 0 Å². The van der Waals surface area contributed by atoms with Gasteiger partial charge >= 0.3 is 0 Å². The molecule has 2 aliphatic heterocycles. The van der Waals surface area contributed by atoms with Crippen LogP contribution in [-0.2, 0) is 4.79 Å². The van der Waals surface area contributed by atoms with Crippen LogP contribution in [0.15, 0.2) is 0 Å². The molecule has 2 aliphatic rings. The van der Waals surface area contributed by atoms with E-state index in [-0.39, 0.29) is 0 Å². The molecule has 4 heteroatoms. The smallest absolute Gasteiger partial charge is 0.222 e. The molecule has 0 saturated carbocycles. The summed E-state index contributed by atoms with van der Waals surface area (Å²) in [5.41, 5.74) is 0. The Morgan fingerprint density at radius 2 is 1.90 bits per heavy atom. The van der Waals surface area contributed by atoms with Gasteiger partial charge in [-0.15, -0.1) is 0 Å². The Morgan fingerprint density at radius 1 is 1.19 bits per heavy atom. The fraction of sp³-hybridized carbons (Fsp3) is 0.941. The van der Waals surface area contributed by atoms with Gasteiger partial charge in [-0.05, 0) is 78.0 Å². The van der Waals surface area contributed by atoms with Crippen LogP contribution in [0.1, 0.15) is 52.4 Å². The highest BCUT2D eigenvalue weighted by atomic mass is 16.2. The molecule has 0 bridgehead atoms. The van der Waals surface area contributed by atoms with Gasteiger partial charge < -0.3 is 15.1 Å². The molecule has 122 valence electrons. The Hall–Kier alpha value is -0.610. The number of hydrogen-bond acceptors (Lipinski definition) is 3. The second-order valence-corrected chi connectivity index (χ2v) is 6.55. The molecule has 0 aliphatic carbocycles. The first-order chi connectivity index (χ1) is 10.2. The lowest BCUT2D eigenvalue weighted by Gasteiger charge is -2.35. The molecule has 1 atom stereocenters. The predicted octanol–water partition coefficient (Wildman–Crippen LogP) is 2.10. The molecule has 4 nitrogen and oxygen atoms in total. The maximum absolute atomic E-state index is 12.0. The van der Waals surface area contributed by atoms with Crippen LogP contribution in [0.25, 0.3) is 0 Å². The second kappa shape index (κ2) is 8.74. The van der Waals surface area contributed by atoms with Gasteiger partial charge in [0.1, 0.15) is 0 Å². The van der Waals surface area contributed by atoms with Crippen molar-refractivity contribution in [2.75, 3.05) is 39.3 Å². The van der Waals surface area contributed by atoms with E-state index in [1.165, 1.54) is 45.3 Å². The Morgan fingerprint density at radius 3 is 2.48 bits per heavy atom. The lowest BCUT2D eigenvalue weighted by atomic mass is 9.88. The lowest BCUT2D eigenvalue weighted by Crippen LogP contribution is -2.41. The molecular weight excluding hydrogens is 262 g/mol. The molecule has 1 amide bonds. The van der Waals surface area contributed by atoms with Gasteiger partial charge in [0, 0.05) is 25.6 Å². The van der Waals surface area contributed by atoms with E-state index in [4.69, 9.17) is 0 Å². The van der Waals surface area contributed by atoms with Gasteiger partial charge in [0.25, 0.3) is 0 Å². The maximum Gasteiger partial charge on any atom is 0.222 e. The van der Waals surface area contributed by atoms with Gasteiger partial charge in [-0.2, -0.15) is 0 Å². The lowest BCUT2D eigenvalue weighted by molar-refractivity contribution is -0.131. The van der Waals surface area contributed by atoms with Crippen LogP contribution in [0.3, 0.4) is 0 Å². The molecule has 2 heterocycles. The van der Waals surface area contributed by atoms with E-state index in [1.807, 2.05) is 4.90 Å². The highest BCUT2D eigenvalue weighted by Crippen LogP contribution is 2.25. The molecule has 21 heavy (non-hydrogen) atoms. The molecule has 0 radical (unpaired) electrons. The Labute approximate surface area is 130 Å². The number of hydrogen-bond donors (Lipinski definition) is 1. The van der Waals surface area contributed by atoms with Crippen LogP contribution in [0.2, 0.25) is 0 Å². The normalized spacial score (nSPS) is 24.4. The molecule has 1 N–H and O–H groups in total. The number of nitrogens with one attached hydrogen (secondary N) is 1. The topological polar surface area (TPSA) is 35.6 Å². The standard InChI is InChI=1S/C17H33N3O/c1-3-20(4-2)17(21)8-6-12-19-13-9-15(10-14-19)16-7-5-11-18-16/h15-16,18H,3-14H2,1-2H3. The zero-order valence-electron chi connectivity index (χ0n) is 13.9. The van der Waals surface area contributed by atoms with Gasteiger partial charge in [-0.3, -0.25) is 4.79 Å². The van der Waals surface area contributed by atoms with E-state index in [9.17, 15) is 4.79 Å². The van der Waals surface area contributed by atoms with Gasteiger partial charge in [0.15, 0.2) is 0 Å². The van der Waals surface area contributed by atoms with Gasteiger partial charge in [0.2, 0.25) is 5.91 Å². The minimum Gasteiger partial charge on any atom is -0.343 e. The molecule has 2 fully saturated rings. The van der Waals surface area contributed by atoms with E-state index in [0.29, 0.717) is 12.3 Å². The Kier molecular flexibility index (Phi) is 6.97. The molecule has 2 saturated heterocycles. The summed E-state index contributed by atoms with van der Waals surface area (Å²) in [6.07, 6.45) is 7.14. The summed E-state index contributed by atoms with van der Waals surface area (Å²) < 4.78 is 0. The molecule has 0 spiro atoms. The molecule has 0 aromatic rings. The summed E-state index contributed by atoms with van der Waals surface area (Å²) in [4.78, 5) is 16.5. The summed E-state index contributed by atoms with van der Waals surface area (Å²) in [6, 6.07) is 0.788. The number of nitrogens with zero attached hydrogens (tertiary/aromatic N) is 2. The SMILES string of the molecule is CCN(CC)C(=O)CCCN1CCC(C2CCCN2)CC1. The highest BCUT2D eigenvalue weighted by molar-refractivity contribution is 5.76. The number of carbonyl (C=O) groups is 1. The van der Waals surface area contributed by atoms with Crippen molar-refractivity contribution < 1.29 is 4.79 Å². The van der Waals surface area contributed by atoms with Crippen LogP contribution >= 0.6 is 0 Å². The minimum absolute atomic E-state index is 0.324. The van der Waals surface area contributed by atoms with Crippen molar-refractivity contribution in [3.63, 3.8) is 0 Å². The van der Waals surface area contributed by atoms with Crippen molar-refractivity contribution >= 4 is 5.91 Å². The number of piperidine rings is 1. The highest BCUT2D eigenvalue weighted by Gasteiger charge is 2.28. The molecule has 0 aromatic heterocycles. The summed E-state index contributed by atoms with van der Waals surface area (Å²) in [6.45, 7) is 10.6. The van der Waals surface area contributed by atoms with Crippen molar-refractivity contribution in [1.82, 2.24) is 15.1 Å². The number of likely N-dealkylation sites (tertiary alicyclic amines) is 1. The van der Waals surface area contributed by atoms with Crippen molar-refractivity contribution in [2.24, 2.45) is 5.92 Å². The minimum atomic E-state index is 0.324. The predicted molar refractivity (Wildman–Crippen MR) is 87.4 cm³/mol. The van der Waals surface area contributed by atoms with Crippen LogP contribution in [0.5, 0.6) is 0 Å². The second-order valence-electron chi connectivity index (χ2n) is 6.55. The number of amides is 1. The summed E-state index contributed by atoms with van der Waals surface area (Å²) in [7, 11) is 0. The summed E-state index contributed by atoms with van der Waals surface area (Å²) in [5.74, 6) is 1.21. The summed E-state index contributed by atoms with van der Waals surface area (Å²) >= 11 is 0. The van der Waals surface area contributed by atoms with E-state index >= 15 is 0 Å². The van der Waals surface area contributed by atoms with Gasteiger partial charge in [-0.1, -0.05) is 0 Å². The molecule has 1 unspecified atom stereocenters. The zero-order chi connectivity index (χ0) is 15.1. The van der Waals surface area contributed by atoms with Crippen molar-refractivity contribution in [3.05, 3.63) is 0 Å². The number of rotatable bonds is 7. The molecule has 2 rings (SSSR count). The molecular formula is C17H33N3O. The first-order valence-corrected chi connectivity index (χ1v) is 8.98. The fourth-order valence-corrected chi connectivity index (χ4v) is 3.88. The van der Waals surface area contributed by atoms with E-state index in [1.54, 1.807) is 0 Å². The van der Waals surface area contributed by atoms with E-state index < -0.39 is 0 Å².